The van der Waals surface area contributed by atoms with Crippen LogP contribution in [0.25, 0.3) is 0 Å². The molecule has 0 N–H and O–H groups in total. The number of nitrogens with zero attached hydrogens (tertiary/aromatic N) is 1. The molecule has 1 aliphatic heterocycles. The van der Waals surface area contributed by atoms with Crippen LogP contribution < -0.4 is 0 Å². The normalized spacial score (nSPS) is 21.5. The molecule has 0 radical (unpaired) electrons. The number of hydrogen-bond acceptors (Lipinski definition) is 3. The Hall–Kier alpha value is -1.61. The van der Waals surface area contributed by atoms with Crippen molar-refractivity contribution in [1.82, 2.24) is 4.90 Å². The number of morpholine rings is 1. The first-order valence-corrected chi connectivity index (χ1v) is 5.37. The number of benzene rings is 1. The average Bonchev–Trinajstić information content (AvgIpc) is 2.31. The molecule has 1 aromatic carbocycles. The summed E-state index contributed by atoms with van der Waals surface area (Å²) in [5.74, 6) is -0.158. The van der Waals surface area contributed by atoms with E-state index in [9.17, 15) is 4.79 Å². The summed E-state index contributed by atoms with van der Waals surface area (Å²) in [7, 11) is 0. The predicted molar refractivity (Wildman–Crippen MR) is 61.9 cm³/mol. The fraction of sp³-hybridized carbons (Fsp3) is 0.308. The molecule has 3 nitrogen and oxygen atoms in total. The molecule has 3 heteroatoms. The van der Waals surface area contributed by atoms with Crippen molar-refractivity contribution >= 4 is 5.97 Å². The van der Waals surface area contributed by atoms with Crippen molar-refractivity contribution in [3.8, 4) is 0 Å². The van der Waals surface area contributed by atoms with Crippen molar-refractivity contribution in [2.45, 2.75) is 6.04 Å². The number of rotatable bonds is 3. The van der Waals surface area contributed by atoms with Gasteiger partial charge in [0, 0.05) is 6.54 Å². The van der Waals surface area contributed by atoms with E-state index in [0.29, 0.717) is 19.7 Å². The summed E-state index contributed by atoms with van der Waals surface area (Å²) in [6.07, 6.45) is 1.81. The van der Waals surface area contributed by atoms with Gasteiger partial charge in [0.25, 0.3) is 0 Å². The van der Waals surface area contributed by atoms with Crippen LogP contribution in [0.4, 0.5) is 0 Å². The Balaban J connectivity index is 2.18. The topological polar surface area (TPSA) is 29.5 Å². The van der Waals surface area contributed by atoms with Crippen LogP contribution in [-0.2, 0) is 9.53 Å². The molecule has 16 heavy (non-hydrogen) atoms. The highest BCUT2D eigenvalue weighted by molar-refractivity contribution is 5.72. The Morgan fingerprint density at radius 3 is 2.88 bits per heavy atom. The first-order valence-electron chi connectivity index (χ1n) is 5.37. The largest absolute Gasteiger partial charge is 0.463 e. The van der Waals surface area contributed by atoms with Crippen molar-refractivity contribution in [2.75, 3.05) is 19.7 Å². The average molecular weight is 217 g/mol. The maximum Gasteiger partial charge on any atom is 0.320 e. The van der Waals surface area contributed by atoms with Gasteiger partial charge >= 0.3 is 5.97 Å². The molecule has 1 aromatic rings. The Bertz CT molecular complexity index is 375. The minimum absolute atomic E-state index is 0.150. The Morgan fingerprint density at radius 1 is 1.44 bits per heavy atom. The second kappa shape index (κ2) is 4.94. The van der Waals surface area contributed by atoms with Crippen LogP contribution in [0.2, 0.25) is 0 Å². The van der Waals surface area contributed by atoms with Gasteiger partial charge in [-0.25, -0.2) is 0 Å². The van der Waals surface area contributed by atoms with E-state index in [0.717, 1.165) is 0 Å². The smallest absolute Gasteiger partial charge is 0.320 e. The predicted octanol–water partition coefficient (Wildman–Crippen LogP) is 1.77. The number of esters is 1. The van der Waals surface area contributed by atoms with Crippen molar-refractivity contribution in [1.29, 1.82) is 0 Å². The van der Waals surface area contributed by atoms with E-state index in [2.05, 4.69) is 23.6 Å². The third-order valence-corrected chi connectivity index (χ3v) is 2.72. The zero-order valence-corrected chi connectivity index (χ0v) is 9.13. The monoisotopic (exact) mass is 217 g/mol. The van der Waals surface area contributed by atoms with Gasteiger partial charge in [0.05, 0.1) is 12.6 Å². The lowest BCUT2D eigenvalue weighted by Crippen LogP contribution is -2.42. The van der Waals surface area contributed by atoms with E-state index in [1.807, 2.05) is 24.3 Å². The van der Waals surface area contributed by atoms with Crippen LogP contribution in [0.1, 0.15) is 11.6 Å². The van der Waals surface area contributed by atoms with Gasteiger partial charge in [0.1, 0.15) is 6.61 Å². The van der Waals surface area contributed by atoms with Crippen molar-refractivity contribution in [2.24, 2.45) is 0 Å². The lowest BCUT2D eigenvalue weighted by Gasteiger charge is -2.34. The Morgan fingerprint density at radius 2 is 2.19 bits per heavy atom. The third kappa shape index (κ3) is 2.31. The summed E-state index contributed by atoms with van der Waals surface area (Å²) in [6.45, 7) is 5.18. The Kier molecular flexibility index (Phi) is 3.37. The molecule has 0 aliphatic carbocycles. The molecule has 84 valence electrons. The second-order valence-electron chi connectivity index (χ2n) is 3.83. The lowest BCUT2D eigenvalue weighted by molar-refractivity contribution is -0.154. The molecule has 1 aliphatic rings. The zero-order chi connectivity index (χ0) is 11.4. The van der Waals surface area contributed by atoms with Crippen LogP contribution in [0, 0.1) is 0 Å². The van der Waals surface area contributed by atoms with Crippen LogP contribution in [-0.4, -0.2) is 30.6 Å². The lowest BCUT2D eigenvalue weighted by atomic mass is 10.1. The molecular formula is C13H15NO2. The van der Waals surface area contributed by atoms with Crippen molar-refractivity contribution in [3.05, 3.63) is 48.6 Å². The van der Waals surface area contributed by atoms with Crippen LogP contribution in [0.5, 0.6) is 0 Å². The molecule has 0 amide bonds. The number of carbonyl (C=O) groups excluding carboxylic acids is 1. The van der Waals surface area contributed by atoms with E-state index >= 15 is 0 Å². The number of hydrogen-bond donors (Lipinski definition) is 0. The van der Waals surface area contributed by atoms with Crippen molar-refractivity contribution in [3.63, 3.8) is 0 Å². The van der Waals surface area contributed by atoms with Gasteiger partial charge in [0.2, 0.25) is 0 Å². The molecule has 0 spiro atoms. The van der Waals surface area contributed by atoms with Crippen LogP contribution >= 0.6 is 0 Å². The van der Waals surface area contributed by atoms with E-state index in [4.69, 9.17) is 4.74 Å². The molecule has 0 aromatic heterocycles. The molecule has 2 rings (SSSR count). The second-order valence-corrected chi connectivity index (χ2v) is 3.83. The van der Waals surface area contributed by atoms with Crippen LogP contribution in [0.15, 0.2) is 43.0 Å². The maximum absolute atomic E-state index is 11.2. The molecule has 1 fully saturated rings. The first-order chi connectivity index (χ1) is 7.81. The summed E-state index contributed by atoms with van der Waals surface area (Å²) < 4.78 is 5.11. The molecule has 0 unspecified atom stereocenters. The van der Waals surface area contributed by atoms with Crippen molar-refractivity contribution < 1.29 is 9.53 Å². The summed E-state index contributed by atoms with van der Waals surface area (Å²) in [5.41, 5.74) is 1.18. The Labute approximate surface area is 95.3 Å². The van der Waals surface area contributed by atoms with E-state index in [1.54, 1.807) is 0 Å². The first kappa shape index (κ1) is 10.9. The minimum atomic E-state index is -0.158. The SMILES string of the molecule is C=CCN1CC(=O)OC[C@H]1c1ccccc1. The highest BCUT2D eigenvalue weighted by atomic mass is 16.5. The van der Waals surface area contributed by atoms with Gasteiger partial charge in [-0.15, -0.1) is 6.58 Å². The van der Waals surface area contributed by atoms with E-state index in [-0.39, 0.29) is 12.0 Å². The zero-order valence-electron chi connectivity index (χ0n) is 9.13. The molecule has 0 bridgehead atoms. The summed E-state index contributed by atoms with van der Waals surface area (Å²) in [4.78, 5) is 13.3. The highest BCUT2D eigenvalue weighted by Gasteiger charge is 2.28. The van der Waals surface area contributed by atoms with Gasteiger partial charge < -0.3 is 4.74 Å². The van der Waals surface area contributed by atoms with E-state index < -0.39 is 0 Å². The summed E-state index contributed by atoms with van der Waals surface area (Å²) in [5, 5.41) is 0. The highest BCUT2D eigenvalue weighted by Crippen LogP contribution is 2.23. The molecule has 0 saturated carbocycles. The maximum atomic E-state index is 11.2. The van der Waals surface area contributed by atoms with Gasteiger partial charge in [-0.3, -0.25) is 9.69 Å². The number of ether oxygens (including phenoxy) is 1. The summed E-state index contributed by atoms with van der Waals surface area (Å²) >= 11 is 0. The quantitative estimate of drug-likeness (QED) is 0.571. The van der Waals surface area contributed by atoms with Gasteiger partial charge in [-0.05, 0) is 5.56 Å². The fourth-order valence-corrected chi connectivity index (χ4v) is 1.94. The number of cyclic esters (lactones) is 1. The molecule has 1 saturated heterocycles. The minimum Gasteiger partial charge on any atom is -0.463 e. The van der Waals surface area contributed by atoms with Crippen LogP contribution in [0.3, 0.4) is 0 Å². The van der Waals surface area contributed by atoms with E-state index in [1.165, 1.54) is 5.56 Å². The van der Waals surface area contributed by atoms with Gasteiger partial charge in [-0.2, -0.15) is 0 Å². The molecule has 1 atom stereocenters. The number of carbonyl (C=O) groups is 1. The molecular weight excluding hydrogens is 202 g/mol. The third-order valence-electron chi connectivity index (χ3n) is 2.72. The summed E-state index contributed by atoms with van der Waals surface area (Å²) in [6, 6.07) is 10.2. The standard InChI is InChI=1S/C13H15NO2/c1-2-8-14-9-13(15)16-10-12(14)11-6-4-3-5-7-11/h2-7,12H,1,8-10H2/t12-/m0/s1. The van der Waals surface area contributed by atoms with Gasteiger partial charge in [-0.1, -0.05) is 36.4 Å². The van der Waals surface area contributed by atoms with Gasteiger partial charge in [0.15, 0.2) is 0 Å². The molecule has 1 heterocycles. The fourth-order valence-electron chi connectivity index (χ4n) is 1.94.